The minimum absolute atomic E-state index is 0.717. The van der Waals surface area contributed by atoms with Crippen molar-refractivity contribution in [3.05, 3.63) is 193 Å². The van der Waals surface area contributed by atoms with E-state index in [4.69, 9.17) is 14.4 Å². The van der Waals surface area contributed by atoms with E-state index in [0.29, 0.717) is 0 Å². The minimum atomic E-state index is 0.717. The molecule has 0 unspecified atom stereocenters. The third-order valence-corrected chi connectivity index (χ3v) is 11.1. The van der Waals surface area contributed by atoms with Crippen molar-refractivity contribution in [2.45, 2.75) is 12.8 Å². The molecule has 1 aliphatic carbocycles. The number of nitrogens with zero attached hydrogens (tertiary/aromatic N) is 3. The van der Waals surface area contributed by atoms with Crippen molar-refractivity contribution >= 4 is 66.6 Å². The van der Waals surface area contributed by atoms with Gasteiger partial charge >= 0.3 is 0 Å². The molecule has 56 heavy (non-hydrogen) atoms. The Balaban J connectivity index is 1.08. The van der Waals surface area contributed by atoms with Crippen LogP contribution >= 0.6 is 0 Å². The summed E-state index contributed by atoms with van der Waals surface area (Å²) in [5.41, 5.74) is 12.3. The second-order valence-corrected chi connectivity index (χ2v) is 14.5. The molecule has 10 aromatic rings. The molecule has 0 fully saturated rings. The van der Waals surface area contributed by atoms with Crippen molar-refractivity contribution in [3.8, 4) is 33.8 Å². The Labute approximate surface area is 324 Å². The van der Waals surface area contributed by atoms with Gasteiger partial charge in [-0.25, -0.2) is 9.97 Å². The smallest absolute Gasteiger partial charge is 0.160 e. The van der Waals surface area contributed by atoms with Crippen LogP contribution in [-0.2, 0) is 6.42 Å². The Morgan fingerprint density at radius 3 is 2.12 bits per heavy atom. The first-order valence-corrected chi connectivity index (χ1v) is 19.2. The van der Waals surface area contributed by atoms with Gasteiger partial charge < -0.3 is 9.32 Å². The standard InChI is InChI=1S/C52H35N3O/c1-2-13-34(14-3-1)38-19-10-20-39(31-38)55(40-28-27-35-15-4-5-17-37(35)32-40)41-29-30-45-49(33-41)56-48-26-12-24-46(50(45)48)52-53-47-25-9-8-22-44(47)51(54-52)43-23-11-18-36-16-6-7-21-42(36)43/h1-8,10-24,26-33H,9,25H2. The van der Waals surface area contributed by atoms with E-state index < -0.39 is 0 Å². The molecule has 0 bridgehead atoms. The second kappa shape index (κ2) is 13.2. The van der Waals surface area contributed by atoms with E-state index in [2.05, 4.69) is 193 Å². The first-order chi connectivity index (χ1) is 27.7. The molecule has 0 aliphatic heterocycles. The van der Waals surface area contributed by atoms with E-state index in [1.807, 2.05) is 0 Å². The normalized spacial score (nSPS) is 12.4. The van der Waals surface area contributed by atoms with Gasteiger partial charge in [0.2, 0.25) is 0 Å². The van der Waals surface area contributed by atoms with E-state index in [0.717, 1.165) is 91.3 Å². The summed E-state index contributed by atoms with van der Waals surface area (Å²) in [4.78, 5) is 13.0. The number of rotatable bonds is 6. The summed E-state index contributed by atoms with van der Waals surface area (Å²) in [5, 5.41) is 6.83. The molecule has 0 saturated carbocycles. The van der Waals surface area contributed by atoms with Gasteiger partial charge in [-0.3, -0.25) is 0 Å². The van der Waals surface area contributed by atoms with Crippen LogP contribution in [0.25, 0.3) is 83.3 Å². The number of allylic oxidation sites excluding steroid dienone is 1. The highest BCUT2D eigenvalue weighted by molar-refractivity contribution is 6.13. The van der Waals surface area contributed by atoms with Crippen LogP contribution in [0.3, 0.4) is 0 Å². The predicted octanol–water partition coefficient (Wildman–Crippen LogP) is 14.1. The molecule has 4 nitrogen and oxygen atoms in total. The van der Waals surface area contributed by atoms with Crippen molar-refractivity contribution in [1.29, 1.82) is 0 Å². The monoisotopic (exact) mass is 717 g/mol. The quantitative estimate of drug-likeness (QED) is 0.172. The molecule has 0 saturated heterocycles. The van der Waals surface area contributed by atoms with Crippen LogP contribution in [-0.4, -0.2) is 9.97 Å². The zero-order valence-corrected chi connectivity index (χ0v) is 30.6. The highest BCUT2D eigenvalue weighted by Gasteiger charge is 2.22. The van der Waals surface area contributed by atoms with E-state index >= 15 is 0 Å². The summed E-state index contributed by atoms with van der Waals surface area (Å²) in [6.07, 6.45) is 6.27. The lowest BCUT2D eigenvalue weighted by molar-refractivity contribution is 0.669. The van der Waals surface area contributed by atoms with E-state index in [1.165, 1.54) is 27.1 Å². The van der Waals surface area contributed by atoms with Gasteiger partial charge in [-0.1, -0.05) is 140 Å². The summed E-state index contributed by atoms with van der Waals surface area (Å²) in [6.45, 7) is 0. The largest absolute Gasteiger partial charge is 0.456 e. The van der Waals surface area contributed by atoms with Gasteiger partial charge in [-0.2, -0.15) is 0 Å². The number of benzene rings is 8. The zero-order valence-electron chi connectivity index (χ0n) is 30.6. The molecule has 264 valence electrons. The van der Waals surface area contributed by atoms with Gasteiger partial charge in [0.15, 0.2) is 5.82 Å². The van der Waals surface area contributed by atoms with Crippen LogP contribution in [0.2, 0.25) is 0 Å². The summed E-state index contributed by atoms with van der Waals surface area (Å²) < 4.78 is 6.73. The van der Waals surface area contributed by atoms with Gasteiger partial charge in [0.25, 0.3) is 0 Å². The number of hydrogen-bond acceptors (Lipinski definition) is 4. The maximum atomic E-state index is 6.73. The van der Waals surface area contributed by atoms with Crippen LogP contribution in [0.1, 0.15) is 17.7 Å². The van der Waals surface area contributed by atoms with Gasteiger partial charge in [-0.05, 0) is 88.0 Å². The minimum Gasteiger partial charge on any atom is -0.456 e. The zero-order chi connectivity index (χ0) is 37.0. The first kappa shape index (κ1) is 32.2. The van der Waals surface area contributed by atoms with Crippen LogP contribution in [0.4, 0.5) is 17.1 Å². The molecule has 2 heterocycles. The van der Waals surface area contributed by atoms with E-state index in [9.17, 15) is 0 Å². The Bertz CT molecular complexity index is 3150. The molecule has 11 rings (SSSR count). The van der Waals surface area contributed by atoms with Crippen molar-refractivity contribution in [2.24, 2.45) is 0 Å². The topological polar surface area (TPSA) is 42.2 Å². The molecule has 0 radical (unpaired) electrons. The molecule has 0 N–H and O–H groups in total. The highest BCUT2D eigenvalue weighted by Crippen LogP contribution is 2.43. The molecule has 4 heteroatoms. The summed E-state index contributed by atoms with van der Waals surface area (Å²) in [5.74, 6) is 0.717. The number of anilines is 3. The van der Waals surface area contributed by atoms with Crippen molar-refractivity contribution in [3.63, 3.8) is 0 Å². The predicted molar refractivity (Wildman–Crippen MR) is 233 cm³/mol. The molecule has 1 aliphatic rings. The fraction of sp³-hybridized carbons (Fsp3) is 0.0385. The van der Waals surface area contributed by atoms with Crippen LogP contribution in [0.15, 0.2) is 186 Å². The number of aromatic nitrogens is 2. The fourth-order valence-corrected chi connectivity index (χ4v) is 8.42. The van der Waals surface area contributed by atoms with E-state index in [1.54, 1.807) is 0 Å². The van der Waals surface area contributed by atoms with Gasteiger partial charge in [0, 0.05) is 50.6 Å². The number of fused-ring (bicyclic) bond motifs is 6. The Morgan fingerprint density at radius 1 is 0.482 bits per heavy atom. The third kappa shape index (κ3) is 5.46. The maximum Gasteiger partial charge on any atom is 0.160 e. The van der Waals surface area contributed by atoms with Crippen molar-refractivity contribution in [2.75, 3.05) is 4.90 Å². The highest BCUT2D eigenvalue weighted by atomic mass is 16.3. The molecule has 2 aromatic heterocycles. The summed E-state index contributed by atoms with van der Waals surface area (Å²) >= 11 is 0. The van der Waals surface area contributed by atoms with E-state index in [-0.39, 0.29) is 0 Å². The molecule has 0 atom stereocenters. The number of hydrogen-bond donors (Lipinski definition) is 0. The molecular formula is C52H35N3O. The van der Waals surface area contributed by atoms with Crippen molar-refractivity contribution < 1.29 is 4.42 Å². The molecular weight excluding hydrogens is 683 g/mol. The van der Waals surface area contributed by atoms with Gasteiger partial charge in [0.1, 0.15) is 11.2 Å². The molecule has 0 amide bonds. The molecule has 8 aromatic carbocycles. The van der Waals surface area contributed by atoms with Gasteiger partial charge in [-0.15, -0.1) is 0 Å². The second-order valence-electron chi connectivity index (χ2n) is 14.5. The Hall–Kier alpha value is -7.30. The van der Waals surface area contributed by atoms with Crippen LogP contribution in [0, 0.1) is 0 Å². The van der Waals surface area contributed by atoms with Crippen molar-refractivity contribution in [1.82, 2.24) is 9.97 Å². The van der Waals surface area contributed by atoms with Crippen LogP contribution in [0.5, 0.6) is 0 Å². The lowest BCUT2D eigenvalue weighted by Gasteiger charge is -2.26. The average molecular weight is 718 g/mol. The third-order valence-electron chi connectivity index (χ3n) is 11.1. The molecule has 0 spiro atoms. The fourth-order valence-electron chi connectivity index (χ4n) is 8.42. The number of aryl methyl sites for hydroxylation is 1. The summed E-state index contributed by atoms with van der Waals surface area (Å²) in [6, 6.07) is 62.3. The maximum absolute atomic E-state index is 6.73. The van der Waals surface area contributed by atoms with Gasteiger partial charge in [0.05, 0.1) is 11.4 Å². The number of furan rings is 1. The van der Waals surface area contributed by atoms with Crippen LogP contribution < -0.4 is 4.90 Å². The lowest BCUT2D eigenvalue weighted by Crippen LogP contribution is -2.10. The average Bonchev–Trinajstić information content (AvgIpc) is 3.65. The Morgan fingerprint density at radius 2 is 1.20 bits per heavy atom. The SMILES string of the molecule is C1=Cc2c(nc(-c3cccc4oc5cc(N(c6cccc(-c7ccccc7)c6)c6ccc7ccccc7c6)ccc5c34)nc2-c2cccc3ccccc23)CC1. The first-order valence-electron chi connectivity index (χ1n) is 19.2. The lowest BCUT2D eigenvalue weighted by atomic mass is 9.94. The Kier molecular flexibility index (Phi) is 7.59. The summed E-state index contributed by atoms with van der Waals surface area (Å²) in [7, 11) is 0.